The number of hydrogen-bond donors (Lipinski definition) is 1. The van der Waals surface area contributed by atoms with Crippen molar-refractivity contribution < 1.29 is 23.0 Å². The molecule has 1 aromatic heterocycles. The SMILES string of the molecule is CCC1=NC(O)C(c2ccc(F)cc2)C=C1Cn1cnc(C(F)(F)C(C)C)c(Oc2cc(Cl)cc(C#N)c2)c1=O. The summed E-state index contributed by atoms with van der Waals surface area (Å²) in [4.78, 5) is 21.9. The Morgan fingerprint density at radius 2 is 1.93 bits per heavy atom. The van der Waals surface area contributed by atoms with Gasteiger partial charge in [0.15, 0.2) is 11.9 Å². The molecule has 1 aliphatic heterocycles. The normalized spacial score (nSPS) is 17.3. The van der Waals surface area contributed by atoms with Crippen LogP contribution in [0.1, 0.15) is 49.9 Å². The Morgan fingerprint density at radius 3 is 2.55 bits per heavy atom. The van der Waals surface area contributed by atoms with Crippen LogP contribution in [0.15, 0.2) is 70.2 Å². The van der Waals surface area contributed by atoms with E-state index in [4.69, 9.17) is 16.3 Å². The van der Waals surface area contributed by atoms with Gasteiger partial charge < -0.3 is 9.84 Å². The van der Waals surface area contributed by atoms with Gasteiger partial charge in [0.1, 0.15) is 11.6 Å². The minimum absolute atomic E-state index is 0.0753. The summed E-state index contributed by atoms with van der Waals surface area (Å²) in [7, 11) is 0. The zero-order chi connectivity index (χ0) is 29.2. The molecule has 0 bridgehead atoms. The molecule has 0 aliphatic carbocycles. The third-order valence-electron chi connectivity index (χ3n) is 6.55. The number of ether oxygens (including phenoxy) is 1. The molecule has 208 valence electrons. The maximum absolute atomic E-state index is 15.2. The smallest absolute Gasteiger partial charge is 0.297 e. The highest BCUT2D eigenvalue weighted by Crippen LogP contribution is 2.39. The number of aliphatic imine (C=N–C) groups is 1. The Kier molecular flexibility index (Phi) is 8.47. The molecule has 3 aromatic rings. The molecule has 1 N–H and O–H groups in total. The Bertz CT molecular complexity index is 1580. The Labute approximate surface area is 233 Å². The van der Waals surface area contributed by atoms with E-state index in [2.05, 4.69) is 9.98 Å². The molecule has 0 saturated carbocycles. The van der Waals surface area contributed by atoms with Crippen LogP contribution in [0.4, 0.5) is 13.2 Å². The van der Waals surface area contributed by atoms with Crippen molar-refractivity contribution in [2.75, 3.05) is 0 Å². The number of rotatable bonds is 8. The molecule has 4 rings (SSSR count). The van der Waals surface area contributed by atoms with Crippen LogP contribution in [-0.2, 0) is 12.5 Å². The molecule has 7 nitrogen and oxygen atoms in total. The van der Waals surface area contributed by atoms with Crippen LogP contribution in [0.25, 0.3) is 0 Å². The molecule has 1 aliphatic rings. The molecule has 0 fully saturated rings. The lowest BCUT2D eigenvalue weighted by molar-refractivity contribution is -0.0573. The van der Waals surface area contributed by atoms with Crippen molar-refractivity contribution in [3.8, 4) is 17.6 Å². The number of halogens is 4. The van der Waals surface area contributed by atoms with Gasteiger partial charge in [0.25, 0.3) is 11.5 Å². The number of aliphatic hydroxyl groups excluding tert-OH is 1. The summed E-state index contributed by atoms with van der Waals surface area (Å²) in [6.45, 7) is 4.31. The maximum Gasteiger partial charge on any atom is 0.297 e. The molecule has 11 heteroatoms. The summed E-state index contributed by atoms with van der Waals surface area (Å²) in [6.07, 6.45) is 2.05. The number of dihydropyridines is 1. The van der Waals surface area contributed by atoms with Crippen molar-refractivity contribution in [2.45, 2.75) is 51.8 Å². The van der Waals surface area contributed by atoms with Gasteiger partial charge >= 0.3 is 0 Å². The number of alkyl halides is 2. The van der Waals surface area contributed by atoms with Crippen LogP contribution < -0.4 is 10.3 Å². The summed E-state index contributed by atoms with van der Waals surface area (Å²) in [5, 5.41) is 20.0. The molecule has 2 atom stereocenters. The fraction of sp³-hybridized carbons (Fsp3) is 0.310. The number of allylic oxidation sites excluding steroid dienone is 1. The second kappa shape index (κ2) is 11.7. The highest BCUT2D eigenvalue weighted by molar-refractivity contribution is 6.30. The second-order valence-corrected chi connectivity index (χ2v) is 10.1. The molecule has 0 spiro atoms. The molecule has 40 heavy (non-hydrogen) atoms. The summed E-state index contributed by atoms with van der Waals surface area (Å²) in [5.41, 5.74) is 0.0834. The number of hydrogen-bond acceptors (Lipinski definition) is 6. The van der Waals surface area contributed by atoms with Crippen LogP contribution in [0.5, 0.6) is 11.5 Å². The summed E-state index contributed by atoms with van der Waals surface area (Å²) >= 11 is 6.05. The summed E-state index contributed by atoms with van der Waals surface area (Å²) in [6, 6.07) is 11.5. The third-order valence-corrected chi connectivity index (χ3v) is 6.77. The quantitative estimate of drug-likeness (QED) is 0.340. The fourth-order valence-corrected chi connectivity index (χ4v) is 4.54. The van der Waals surface area contributed by atoms with Gasteiger partial charge in [-0.15, -0.1) is 0 Å². The molecule has 2 unspecified atom stereocenters. The topological polar surface area (TPSA) is 100 Å². The second-order valence-electron chi connectivity index (χ2n) is 9.63. The first-order valence-electron chi connectivity index (χ1n) is 12.5. The highest BCUT2D eigenvalue weighted by Gasteiger charge is 2.42. The molecular formula is C29H26ClF3N4O3. The van der Waals surface area contributed by atoms with Crippen molar-refractivity contribution in [1.29, 1.82) is 5.26 Å². The van der Waals surface area contributed by atoms with Crippen molar-refractivity contribution in [2.24, 2.45) is 10.9 Å². The van der Waals surface area contributed by atoms with Crippen molar-refractivity contribution in [1.82, 2.24) is 9.55 Å². The van der Waals surface area contributed by atoms with E-state index in [0.29, 0.717) is 23.3 Å². The van der Waals surface area contributed by atoms with Crippen LogP contribution in [0.2, 0.25) is 5.02 Å². The van der Waals surface area contributed by atoms with Gasteiger partial charge in [0.2, 0.25) is 5.75 Å². The van der Waals surface area contributed by atoms with Crippen LogP contribution in [-0.4, -0.2) is 26.6 Å². The largest absolute Gasteiger partial charge is 0.449 e. The van der Waals surface area contributed by atoms with Crippen LogP contribution >= 0.6 is 11.6 Å². The van der Waals surface area contributed by atoms with Crippen molar-refractivity contribution in [3.05, 3.63) is 98.5 Å². The van der Waals surface area contributed by atoms with E-state index in [1.807, 2.05) is 13.0 Å². The molecule has 0 amide bonds. The van der Waals surface area contributed by atoms with Gasteiger partial charge in [-0.05, 0) is 47.9 Å². The Morgan fingerprint density at radius 1 is 1.23 bits per heavy atom. The molecule has 2 aromatic carbocycles. The van der Waals surface area contributed by atoms with E-state index in [-0.39, 0.29) is 22.9 Å². The van der Waals surface area contributed by atoms with E-state index in [9.17, 15) is 19.6 Å². The fourth-order valence-electron chi connectivity index (χ4n) is 4.31. The first-order chi connectivity index (χ1) is 18.9. The van der Waals surface area contributed by atoms with E-state index >= 15 is 8.78 Å². The highest BCUT2D eigenvalue weighted by atomic mass is 35.5. The predicted octanol–water partition coefficient (Wildman–Crippen LogP) is 6.34. The monoisotopic (exact) mass is 570 g/mol. The zero-order valence-corrected chi connectivity index (χ0v) is 22.7. The zero-order valence-electron chi connectivity index (χ0n) is 21.9. The van der Waals surface area contributed by atoms with E-state index < -0.39 is 46.8 Å². The number of nitrogens with zero attached hydrogens (tertiary/aromatic N) is 4. The lowest BCUT2D eigenvalue weighted by Gasteiger charge is -2.26. The van der Waals surface area contributed by atoms with E-state index in [1.54, 1.807) is 6.08 Å². The predicted molar refractivity (Wildman–Crippen MR) is 144 cm³/mol. The van der Waals surface area contributed by atoms with Crippen molar-refractivity contribution in [3.63, 3.8) is 0 Å². The van der Waals surface area contributed by atoms with Crippen molar-refractivity contribution >= 4 is 17.3 Å². The average Bonchev–Trinajstić information content (AvgIpc) is 2.91. The van der Waals surface area contributed by atoms with E-state index in [0.717, 1.165) is 10.9 Å². The van der Waals surface area contributed by atoms with Crippen LogP contribution in [0, 0.1) is 23.1 Å². The standard InChI is InChI=1S/C29H26ClF3N4O3/c1-4-24-19(11-23(27(38)36-24)18-5-7-21(31)8-6-18)14-37-15-35-26(29(32,33)16(2)3)25(28(37)39)40-22-10-17(13-34)9-20(30)12-22/h5-12,15-16,23,27,38H,4,14H2,1-3H3. The summed E-state index contributed by atoms with van der Waals surface area (Å²) < 4.78 is 50.7. The molecule has 0 radical (unpaired) electrons. The van der Waals surface area contributed by atoms with E-state index in [1.165, 1.54) is 56.3 Å². The number of nitriles is 1. The average molecular weight is 571 g/mol. The first-order valence-corrected chi connectivity index (χ1v) is 12.9. The Balaban J connectivity index is 1.80. The number of aliphatic hydroxyl groups is 1. The minimum Gasteiger partial charge on any atom is -0.449 e. The molecular weight excluding hydrogens is 545 g/mol. The van der Waals surface area contributed by atoms with Gasteiger partial charge in [-0.3, -0.25) is 14.4 Å². The lowest BCUT2D eigenvalue weighted by atomic mass is 9.90. The number of benzene rings is 2. The minimum atomic E-state index is -3.51. The third kappa shape index (κ3) is 5.96. The van der Waals surface area contributed by atoms with Gasteiger partial charge in [-0.2, -0.15) is 14.0 Å². The van der Waals surface area contributed by atoms with Gasteiger partial charge in [-0.1, -0.05) is 50.6 Å². The van der Waals surface area contributed by atoms with Gasteiger partial charge in [0.05, 0.1) is 24.5 Å². The van der Waals surface area contributed by atoms with Gasteiger partial charge in [0, 0.05) is 22.6 Å². The summed E-state index contributed by atoms with van der Waals surface area (Å²) in [5.74, 6) is -6.54. The first kappa shape index (κ1) is 29.1. The Hall–Kier alpha value is -3.94. The van der Waals surface area contributed by atoms with Crippen LogP contribution in [0.3, 0.4) is 0 Å². The van der Waals surface area contributed by atoms with Gasteiger partial charge in [-0.25, -0.2) is 9.37 Å². The molecule has 0 saturated heterocycles. The number of aromatic nitrogens is 2. The lowest BCUT2D eigenvalue weighted by Crippen LogP contribution is -2.32. The maximum atomic E-state index is 15.2. The molecule has 2 heterocycles.